The summed E-state index contributed by atoms with van der Waals surface area (Å²) in [4.78, 5) is 26.9. The quantitative estimate of drug-likeness (QED) is 0.434. The number of amides is 2. The van der Waals surface area contributed by atoms with Crippen molar-refractivity contribution in [1.82, 2.24) is 15.1 Å². The zero-order valence-electron chi connectivity index (χ0n) is 17.7. The van der Waals surface area contributed by atoms with Gasteiger partial charge in [0.2, 0.25) is 11.0 Å². The van der Waals surface area contributed by atoms with E-state index < -0.39 is 0 Å². The Balaban J connectivity index is 1.59. The molecule has 0 unspecified atom stereocenters. The summed E-state index contributed by atoms with van der Waals surface area (Å²) >= 11 is 4.72. The number of ether oxygens (including phenoxy) is 2. The van der Waals surface area contributed by atoms with E-state index in [1.54, 1.807) is 43.4 Å². The maximum absolute atomic E-state index is 12.9. The van der Waals surface area contributed by atoms with Crippen LogP contribution >= 0.6 is 27.3 Å². The molecule has 8 nitrogen and oxygen atoms in total. The zero-order chi connectivity index (χ0) is 22.9. The average molecular weight is 519 g/mol. The first-order valence-electron chi connectivity index (χ1n) is 9.81. The molecule has 3 rings (SSSR count). The van der Waals surface area contributed by atoms with Gasteiger partial charge in [0.15, 0.2) is 0 Å². The zero-order valence-corrected chi connectivity index (χ0v) is 20.1. The van der Waals surface area contributed by atoms with E-state index in [0.29, 0.717) is 34.6 Å². The van der Waals surface area contributed by atoms with Crippen molar-refractivity contribution in [2.45, 2.75) is 6.42 Å². The first-order chi connectivity index (χ1) is 15.5. The van der Waals surface area contributed by atoms with Gasteiger partial charge in [-0.3, -0.25) is 9.59 Å². The van der Waals surface area contributed by atoms with Crippen molar-refractivity contribution in [2.75, 3.05) is 39.2 Å². The van der Waals surface area contributed by atoms with Crippen molar-refractivity contribution in [1.29, 1.82) is 0 Å². The Hall–Kier alpha value is -2.82. The highest BCUT2D eigenvalue weighted by Gasteiger charge is 2.18. The van der Waals surface area contributed by atoms with E-state index in [0.717, 1.165) is 10.0 Å². The fraction of sp³-hybridized carbons (Fsp3) is 0.273. The monoisotopic (exact) mass is 518 g/mol. The van der Waals surface area contributed by atoms with Crippen molar-refractivity contribution in [2.24, 2.45) is 0 Å². The van der Waals surface area contributed by atoms with E-state index in [9.17, 15) is 9.59 Å². The number of aromatic nitrogens is 2. The third-order valence-corrected chi connectivity index (χ3v) is 5.92. The SMILES string of the molecule is COCCN(CCC(=O)Nc1nnc(-c2cccc(Br)c2)s1)C(=O)c1ccc(OC)cc1. The summed E-state index contributed by atoms with van der Waals surface area (Å²) in [5, 5.41) is 12.1. The molecule has 2 aromatic carbocycles. The van der Waals surface area contributed by atoms with E-state index in [-0.39, 0.29) is 24.8 Å². The normalized spacial score (nSPS) is 10.6. The number of nitrogens with one attached hydrogen (secondary N) is 1. The lowest BCUT2D eigenvalue weighted by Crippen LogP contribution is -2.36. The predicted octanol–water partition coefficient (Wildman–Crippen LogP) is 4.09. The predicted molar refractivity (Wildman–Crippen MR) is 127 cm³/mol. The molecule has 0 spiro atoms. The Labute approximate surface area is 198 Å². The van der Waals surface area contributed by atoms with Crippen LogP contribution < -0.4 is 10.1 Å². The smallest absolute Gasteiger partial charge is 0.253 e. The number of nitrogens with zero attached hydrogens (tertiary/aromatic N) is 3. The Morgan fingerprint density at radius 1 is 1.09 bits per heavy atom. The molecule has 0 atom stereocenters. The molecule has 168 valence electrons. The summed E-state index contributed by atoms with van der Waals surface area (Å²) in [6.07, 6.45) is 0.122. The van der Waals surface area contributed by atoms with Gasteiger partial charge in [-0.15, -0.1) is 10.2 Å². The molecule has 2 amide bonds. The Morgan fingerprint density at radius 2 is 1.88 bits per heavy atom. The van der Waals surface area contributed by atoms with E-state index in [4.69, 9.17) is 9.47 Å². The fourth-order valence-corrected chi connectivity index (χ4v) is 4.02. The second-order valence-corrected chi connectivity index (χ2v) is 8.63. The number of carbonyl (C=O) groups is 2. The van der Waals surface area contributed by atoms with Crippen molar-refractivity contribution >= 4 is 44.2 Å². The second kappa shape index (κ2) is 11.7. The standard InChI is InChI=1S/C22H23BrN4O4S/c1-30-13-12-27(21(29)15-6-8-18(31-2)9-7-15)11-10-19(28)24-22-26-25-20(32-22)16-4-3-5-17(23)14-16/h3-9,14H,10-13H2,1-2H3,(H,24,26,28). The summed E-state index contributed by atoms with van der Waals surface area (Å²) in [5.41, 5.74) is 1.43. The van der Waals surface area contributed by atoms with Crippen molar-refractivity contribution < 1.29 is 19.1 Å². The lowest BCUT2D eigenvalue weighted by molar-refractivity contribution is -0.116. The molecule has 0 aliphatic carbocycles. The molecule has 1 aromatic heterocycles. The van der Waals surface area contributed by atoms with Crippen LogP contribution in [0.15, 0.2) is 53.0 Å². The first kappa shape index (κ1) is 23.8. The number of methoxy groups -OCH3 is 2. The van der Waals surface area contributed by atoms with Gasteiger partial charge in [0, 0.05) is 42.2 Å². The average Bonchev–Trinajstić information content (AvgIpc) is 3.27. The van der Waals surface area contributed by atoms with Crippen LogP contribution in [0.3, 0.4) is 0 Å². The van der Waals surface area contributed by atoms with E-state index in [1.807, 2.05) is 24.3 Å². The number of benzene rings is 2. The first-order valence-corrected chi connectivity index (χ1v) is 11.4. The van der Waals surface area contributed by atoms with Gasteiger partial charge in [0.05, 0.1) is 13.7 Å². The lowest BCUT2D eigenvalue weighted by atomic mass is 10.2. The molecule has 32 heavy (non-hydrogen) atoms. The van der Waals surface area contributed by atoms with Crippen LogP contribution in [-0.2, 0) is 9.53 Å². The number of rotatable bonds is 10. The summed E-state index contributed by atoms with van der Waals surface area (Å²) in [6, 6.07) is 14.6. The Kier molecular flexibility index (Phi) is 8.72. The Bertz CT molecular complexity index is 1060. The molecule has 10 heteroatoms. The minimum absolute atomic E-state index is 0.122. The number of halogens is 1. The van der Waals surface area contributed by atoms with Crippen LogP contribution in [0.2, 0.25) is 0 Å². The fourth-order valence-electron chi connectivity index (χ4n) is 2.86. The van der Waals surface area contributed by atoms with Crippen LogP contribution in [0.25, 0.3) is 10.6 Å². The van der Waals surface area contributed by atoms with E-state index in [2.05, 4.69) is 31.4 Å². The van der Waals surface area contributed by atoms with Crippen LogP contribution in [0, 0.1) is 0 Å². The summed E-state index contributed by atoms with van der Waals surface area (Å²) in [7, 11) is 3.14. The number of hydrogen-bond donors (Lipinski definition) is 1. The maximum Gasteiger partial charge on any atom is 0.253 e. The van der Waals surface area contributed by atoms with Crippen LogP contribution in [0.5, 0.6) is 5.75 Å². The van der Waals surface area contributed by atoms with Crippen molar-refractivity contribution in [3.8, 4) is 16.3 Å². The third-order valence-electron chi connectivity index (χ3n) is 4.54. The Morgan fingerprint density at radius 3 is 2.56 bits per heavy atom. The van der Waals surface area contributed by atoms with Crippen molar-refractivity contribution in [3.05, 3.63) is 58.6 Å². The van der Waals surface area contributed by atoms with Gasteiger partial charge in [-0.25, -0.2) is 0 Å². The molecular formula is C22H23BrN4O4S. The molecular weight excluding hydrogens is 496 g/mol. The van der Waals surface area contributed by atoms with Gasteiger partial charge in [0.25, 0.3) is 5.91 Å². The molecule has 0 fully saturated rings. The summed E-state index contributed by atoms with van der Waals surface area (Å²) in [6.45, 7) is 0.994. The molecule has 1 N–H and O–H groups in total. The molecule has 0 saturated carbocycles. The largest absolute Gasteiger partial charge is 0.497 e. The number of hydrogen-bond acceptors (Lipinski definition) is 7. The summed E-state index contributed by atoms with van der Waals surface area (Å²) in [5.74, 6) is 0.251. The highest BCUT2D eigenvalue weighted by molar-refractivity contribution is 9.10. The van der Waals surface area contributed by atoms with Gasteiger partial charge in [-0.05, 0) is 36.4 Å². The van der Waals surface area contributed by atoms with E-state index in [1.165, 1.54) is 11.3 Å². The minimum Gasteiger partial charge on any atom is -0.497 e. The molecule has 0 saturated heterocycles. The molecule has 0 radical (unpaired) electrons. The third kappa shape index (κ3) is 6.59. The van der Waals surface area contributed by atoms with Gasteiger partial charge < -0.3 is 19.7 Å². The van der Waals surface area contributed by atoms with Crippen LogP contribution in [-0.4, -0.2) is 60.8 Å². The van der Waals surface area contributed by atoms with E-state index >= 15 is 0 Å². The van der Waals surface area contributed by atoms with Gasteiger partial charge >= 0.3 is 0 Å². The molecule has 0 aliphatic heterocycles. The van der Waals surface area contributed by atoms with Crippen LogP contribution in [0.4, 0.5) is 5.13 Å². The van der Waals surface area contributed by atoms with Gasteiger partial charge in [-0.2, -0.15) is 0 Å². The van der Waals surface area contributed by atoms with Crippen LogP contribution in [0.1, 0.15) is 16.8 Å². The van der Waals surface area contributed by atoms with Gasteiger partial charge in [-0.1, -0.05) is 39.4 Å². The molecule has 1 heterocycles. The van der Waals surface area contributed by atoms with Gasteiger partial charge in [0.1, 0.15) is 10.8 Å². The topological polar surface area (TPSA) is 93.6 Å². The maximum atomic E-state index is 12.9. The highest BCUT2D eigenvalue weighted by Crippen LogP contribution is 2.28. The summed E-state index contributed by atoms with van der Waals surface area (Å²) < 4.78 is 11.2. The lowest BCUT2D eigenvalue weighted by Gasteiger charge is -2.22. The highest BCUT2D eigenvalue weighted by atomic mass is 79.9. The number of anilines is 1. The number of carbonyl (C=O) groups excluding carboxylic acids is 2. The molecule has 0 bridgehead atoms. The van der Waals surface area contributed by atoms with Crippen molar-refractivity contribution in [3.63, 3.8) is 0 Å². The second-order valence-electron chi connectivity index (χ2n) is 6.73. The minimum atomic E-state index is -0.244. The molecule has 3 aromatic rings. The molecule has 0 aliphatic rings.